The summed E-state index contributed by atoms with van der Waals surface area (Å²) in [6.45, 7) is 0.690. The van der Waals surface area contributed by atoms with Gasteiger partial charge >= 0.3 is 5.97 Å². The second-order valence-corrected chi connectivity index (χ2v) is 7.29. The summed E-state index contributed by atoms with van der Waals surface area (Å²) in [5.74, 6) is -0.813. The van der Waals surface area contributed by atoms with Gasteiger partial charge in [0.05, 0.1) is 12.7 Å². The highest BCUT2D eigenvalue weighted by atomic mass is 16.5. The number of carbonyl (C=O) groups excluding carboxylic acids is 3. The van der Waals surface area contributed by atoms with Gasteiger partial charge in [-0.2, -0.15) is 0 Å². The third-order valence-electron chi connectivity index (χ3n) is 5.31. The second-order valence-electron chi connectivity index (χ2n) is 7.29. The van der Waals surface area contributed by atoms with E-state index in [1.54, 1.807) is 48.5 Å². The molecule has 0 saturated heterocycles. The summed E-state index contributed by atoms with van der Waals surface area (Å²) in [6, 6.07) is 21.0. The SMILES string of the molecule is COC(=O)c1ccc(C(=O)Nc2ccc(C(=O)N3CCCc4ccccc43)cc2)cc1. The first kappa shape index (κ1) is 20.3. The van der Waals surface area contributed by atoms with Crippen LogP contribution in [0.15, 0.2) is 72.8 Å². The number of para-hydroxylation sites is 1. The van der Waals surface area contributed by atoms with Crippen LogP contribution in [-0.4, -0.2) is 31.4 Å². The molecule has 6 nitrogen and oxygen atoms in total. The molecule has 0 unspecified atom stereocenters. The quantitative estimate of drug-likeness (QED) is 0.645. The number of benzene rings is 3. The number of hydrogen-bond donors (Lipinski definition) is 1. The fraction of sp³-hybridized carbons (Fsp3) is 0.160. The lowest BCUT2D eigenvalue weighted by Crippen LogP contribution is -2.35. The molecule has 0 aliphatic carbocycles. The molecular weight excluding hydrogens is 392 g/mol. The number of carbonyl (C=O) groups is 3. The van der Waals surface area contributed by atoms with E-state index in [-0.39, 0.29) is 11.8 Å². The van der Waals surface area contributed by atoms with E-state index in [0.29, 0.717) is 28.9 Å². The normalized spacial score (nSPS) is 12.6. The molecule has 0 saturated carbocycles. The number of fused-ring (bicyclic) bond motifs is 1. The number of methoxy groups -OCH3 is 1. The summed E-state index contributed by atoms with van der Waals surface area (Å²) in [6.07, 6.45) is 1.91. The van der Waals surface area contributed by atoms with Crippen LogP contribution in [0.1, 0.15) is 43.1 Å². The van der Waals surface area contributed by atoms with Crippen molar-refractivity contribution >= 4 is 29.2 Å². The van der Waals surface area contributed by atoms with Gasteiger partial charge in [-0.3, -0.25) is 9.59 Å². The summed E-state index contributed by atoms with van der Waals surface area (Å²) in [4.78, 5) is 38.8. The van der Waals surface area contributed by atoms with Crippen LogP contribution in [-0.2, 0) is 11.2 Å². The molecule has 6 heteroatoms. The van der Waals surface area contributed by atoms with Crippen LogP contribution in [0.2, 0.25) is 0 Å². The molecule has 0 fully saturated rings. The van der Waals surface area contributed by atoms with E-state index in [2.05, 4.69) is 16.1 Å². The average Bonchev–Trinajstić information content (AvgIpc) is 2.83. The molecule has 1 aliphatic rings. The molecule has 3 aromatic rings. The van der Waals surface area contributed by atoms with Gasteiger partial charge in [0, 0.05) is 29.0 Å². The molecular formula is C25H22N2O4. The molecule has 0 atom stereocenters. The van der Waals surface area contributed by atoms with E-state index >= 15 is 0 Å². The molecule has 1 N–H and O–H groups in total. The first-order chi connectivity index (χ1) is 15.1. The molecule has 2 amide bonds. The molecule has 0 spiro atoms. The van der Waals surface area contributed by atoms with Crippen LogP contribution in [0.25, 0.3) is 0 Å². The summed E-state index contributed by atoms with van der Waals surface area (Å²) in [5.41, 5.74) is 4.09. The number of amides is 2. The lowest BCUT2D eigenvalue weighted by atomic mass is 10.0. The molecule has 1 heterocycles. The zero-order valence-electron chi connectivity index (χ0n) is 17.1. The van der Waals surface area contributed by atoms with Crippen molar-refractivity contribution in [1.29, 1.82) is 0 Å². The van der Waals surface area contributed by atoms with Crippen LogP contribution >= 0.6 is 0 Å². The number of rotatable bonds is 4. The monoisotopic (exact) mass is 414 g/mol. The van der Waals surface area contributed by atoms with E-state index < -0.39 is 5.97 Å². The maximum absolute atomic E-state index is 13.0. The highest BCUT2D eigenvalue weighted by Crippen LogP contribution is 2.28. The highest BCUT2D eigenvalue weighted by molar-refractivity contribution is 6.08. The Morgan fingerprint density at radius 1 is 0.839 bits per heavy atom. The lowest BCUT2D eigenvalue weighted by Gasteiger charge is -2.29. The van der Waals surface area contributed by atoms with Gasteiger partial charge in [-0.1, -0.05) is 18.2 Å². The van der Waals surface area contributed by atoms with E-state index in [9.17, 15) is 14.4 Å². The molecule has 0 aromatic heterocycles. The van der Waals surface area contributed by atoms with Crippen LogP contribution in [0.4, 0.5) is 11.4 Å². The van der Waals surface area contributed by atoms with Crippen molar-refractivity contribution in [2.24, 2.45) is 0 Å². The summed E-state index contributed by atoms with van der Waals surface area (Å²) < 4.78 is 4.66. The molecule has 1 aliphatic heterocycles. The van der Waals surface area contributed by atoms with Gasteiger partial charge in [0.25, 0.3) is 11.8 Å². The molecule has 31 heavy (non-hydrogen) atoms. The van der Waals surface area contributed by atoms with Crippen molar-refractivity contribution in [3.8, 4) is 0 Å². The minimum Gasteiger partial charge on any atom is -0.465 e. The molecule has 4 rings (SSSR count). The van der Waals surface area contributed by atoms with Gasteiger partial charge in [0.2, 0.25) is 0 Å². The van der Waals surface area contributed by atoms with E-state index in [4.69, 9.17) is 0 Å². The zero-order chi connectivity index (χ0) is 21.8. The van der Waals surface area contributed by atoms with E-state index in [1.807, 2.05) is 23.1 Å². The maximum atomic E-state index is 13.0. The van der Waals surface area contributed by atoms with Crippen LogP contribution in [0.3, 0.4) is 0 Å². The van der Waals surface area contributed by atoms with Crippen LogP contribution in [0, 0.1) is 0 Å². The van der Waals surface area contributed by atoms with Crippen LogP contribution in [0.5, 0.6) is 0 Å². The lowest BCUT2D eigenvalue weighted by molar-refractivity contribution is 0.0600. The van der Waals surface area contributed by atoms with Gasteiger partial charge in [-0.15, -0.1) is 0 Å². The zero-order valence-corrected chi connectivity index (χ0v) is 17.1. The number of hydrogen-bond acceptors (Lipinski definition) is 4. The molecule has 156 valence electrons. The van der Waals surface area contributed by atoms with E-state index in [0.717, 1.165) is 18.5 Å². The Hall–Kier alpha value is -3.93. The fourth-order valence-corrected chi connectivity index (χ4v) is 3.68. The van der Waals surface area contributed by atoms with Crippen molar-refractivity contribution in [1.82, 2.24) is 0 Å². The molecule has 0 radical (unpaired) electrons. The minimum absolute atomic E-state index is 0.0524. The third kappa shape index (κ3) is 4.33. The number of esters is 1. The third-order valence-corrected chi connectivity index (χ3v) is 5.31. The number of nitrogens with zero attached hydrogens (tertiary/aromatic N) is 1. The predicted octanol–water partition coefficient (Wildman–Crippen LogP) is 4.32. The van der Waals surface area contributed by atoms with Gasteiger partial charge < -0.3 is 15.0 Å². The first-order valence-corrected chi connectivity index (χ1v) is 10.1. The van der Waals surface area contributed by atoms with Gasteiger partial charge in [-0.05, 0) is 73.0 Å². The Morgan fingerprint density at radius 2 is 1.48 bits per heavy atom. The predicted molar refractivity (Wildman–Crippen MR) is 119 cm³/mol. The number of anilines is 2. The topological polar surface area (TPSA) is 75.7 Å². The summed E-state index contributed by atoms with van der Waals surface area (Å²) in [7, 11) is 1.31. The molecule has 3 aromatic carbocycles. The van der Waals surface area contributed by atoms with Crippen molar-refractivity contribution in [2.45, 2.75) is 12.8 Å². The standard InChI is InChI=1S/C25H22N2O4/c1-31-25(30)20-10-8-18(9-11-20)23(28)26-21-14-12-19(13-15-21)24(29)27-16-4-6-17-5-2-3-7-22(17)27/h2-3,5,7-15H,4,6,16H2,1H3,(H,26,28). The second kappa shape index (κ2) is 8.83. The highest BCUT2D eigenvalue weighted by Gasteiger charge is 2.23. The van der Waals surface area contributed by atoms with Gasteiger partial charge in [0.15, 0.2) is 0 Å². The Balaban J connectivity index is 1.44. The van der Waals surface area contributed by atoms with Gasteiger partial charge in [0.1, 0.15) is 0 Å². The first-order valence-electron chi connectivity index (χ1n) is 10.1. The number of nitrogens with one attached hydrogen (secondary N) is 1. The van der Waals surface area contributed by atoms with Crippen molar-refractivity contribution in [3.05, 3.63) is 95.1 Å². The fourth-order valence-electron chi connectivity index (χ4n) is 3.68. The summed E-state index contributed by atoms with van der Waals surface area (Å²) in [5, 5.41) is 2.80. The number of ether oxygens (including phenoxy) is 1. The Morgan fingerprint density at radius 3 is 2.19 bits per heavy atom. The van der Waals surface area contributed by atoms with E-state index in [1.165, 1.54) is 12.7 Å². The Labute approximate surface area is 180 Å². The summed E-state index contributed by atoms with van der Waals surface area (Å²) >= 11 is 0. The van der Waals surface area contributed by atoms with Crippen molar-refractivity contribution < 1.29 is 19.1 Å². The van der Waals surface area contributed by atoms with Gasteiger partial charge in [-0.25, -0.2) is 4.79 Å². The van der Waals surface area contributed by atoms with Crippen LogP contribution < -0.4 is 10.2 Å². The largest absolute Gasteiger partial charge is 0.465 e. The van der Waals surface area contributed by atoms with Crippen molar-refractivity contribution in [2.75, 3.05) is 23.9 Å². The Kier molecular flexibility index (Phi) is 5.80. The minimum atomic E-state index is -0.455. The maximum Gasteiger partial charge on any atom is 0.337 e. The number of aryl methyl sites for hydroxylation is 1. The average molecular weight is 414 g/mol. The Bertz CT molecular complexity index is 1120. The molecule has 0 bridgehead atoms. The van der Waals surface area contributed by atoms with Crippen molar-refractivity contribution in [3.63, 3.8) is 0 Å². The smallest absolute Gasteiger partial charge is 0.337 e.